The number of aromatic nitrogens is 2. The van der Waals surface area contributed by atoms with E-state index in [1.807, 2.05) is 41.1 Å². The van der Waals surface area contributed by atoms with Gasteiger partial charge in [-0.25, -0.2) is 4.98 Å². The fraction of sp³-hybridized carbons (Fsp3) is 0.474. The molecule has 2 aromatic rings. The summed E-state index contributed by atoms with van der Waals surface area (Å²) in [5, 5.41) is 2.85. The molecule has 3 rings (SSSR count). The van der Waals surface area contributed by atoms with Gasteiger partial charge in [0, 0.05) is 19.0 Å². The first-order valence-electron chi connectivity index (χ1n) is 8.81. The quantitative estimate of drug-likeness (QED) is 0.839. The van der Waals surface area contributed by atoms with Gasteiger partial charge in [0.25, 0.3) is 5.91 Å². The molecule has 6 nitrogen and oxygen atoms in total. The SMILES string of the molecule is C[C@@H](OC[C@H]1CCCCO1)C(=O)Nc1nccn1Cc1ccccc1. The van der Waals surface area contributed by atoms with E-state index in [1.165, 1.54) is 0 Å². The van der Waals surface area contributed by atoms with Crippen molar-refractivity contribution in [1.82, 2.24) is 9.55 Å². The van der Waals surface area contributed by atoms with Crippen molar-refractivity contribution >= 4 is 11.9 Å². The Hall–Kier alpha value is -2.18. The Morgan fingerprint density at radius 3 is 3.00 bits per heavy atom. The maximum absolute atomic E-state index is 12.4. The van der Waals surface area contributed by atoms with E-state index in [4.69, 9.17) is 9.47 Å². The van der Waals surface area contributed by atoms with Crippen molar-refractivity contribution in [2.45, 2.75) is 44.9 Å². The molecule has 0 saturated carbocycles. The molecule has 2 atom stereocenters. The van der Waals surface area contributed by atoms with Crippen LogP contribution in [0.1, 0.15) is 31.7 Å². The Morgan fingerprint density at radius 1 is 1.40 bits per heavy atom. The zero-order chi connectivity index (χ0) is 17.5. The molecule has 0 unspecified atom stereocenters. The number of carbonyl (C=O) groups is 1. The molecule has 1 fully saturated rings. The van der Waals surface area contributed by atoms with Gasteiger partial charge >= 0.3 is 0 Å². The van der Waals surface area contributed by atoms with E-state index < -0.39 is 6.10 Å². The highest BCUT2D eigenvalue weighted by atomic mass is 16.5. The van der Waals surface area contributed by atoms with Crippen LogP contribution in [0, 0.1) is 0 Å². The van der Waals surface area contributed by atoms with Gasteiger partial charge in [-0.1, -0.05) is 30.3 Å². The smallest absolute Gasteiger partial charge is 0.255 e. The molecule has 0 spiro atoms. The lowest BCUT2D eigenvalue weighted by Gasteiger charge is -2.23. The predicted molar refractivity (Wildman–Crippen MR) is 95.4 cm³/mol. The fourth-order valence-corrected chi connectivity index (χ4v) is 2.82. The summed E-state index contributed by atoms with van der Waals surface area (Å²) in [7, 11) is 0. The van der Waals surface area contributed by atoms with E-state index in [9.17, 15) is 4.79 Å². The van der Waals surface area contributed by atoms with E-state index in [-0.39, 0.29) is 12.0 Å². The first-order chi connectivity index (χ1) is 12.2. The summed E-state index contributed by atoms with van der Waals surface area (Å²) in [4.78, 5) is 16.6. The van der Waals surface area contributed by atoms with Gasteiger partial charge < -0.3 is 14.0 Å². The highest BCUT2D eigenvalue weighted by Crippen LogP contribution is 2.14. The summed E-state index contributed by atoms with van der Waals surface area (Å²) >= 11 is 0. The molecule has 1 saturated heterocycles. The number of nitrogens with one attached hydrogen (secondary N) is 1. The van der Waals surface area contributed by atoms with Gasteiger partial charge in [-0.15, -0.1) is 0 Å². The number of hydrogen-bond donors (Lipinski definition) is 1. The van der Waals surface area contributed by atoms with Crippen molar-refractivity contribution in [3.8, 4) is 0 Å². The summed E-state index contributed by atoms with van der Waals surface area (Å²) < 4.78 is 13.2. The largest absolute Gasteiger partial charge is 0.376 e. The molecule has 1 aromatic heterocycles. The summed E-state index contributed by atoms with van der Waals surface area (Å²) in [5.74, 6) is 0.328. The van der Waals surface area contributed by atoms with Crippen LogP contribution in [0.25, 0.3) is 0 Å². The number of rotatable bonds is 7. The number of hydrogen-bond acceptors (Lipinski definition) is 4. The summed E-state index contributed by atoms with van der Waals surface area (Å²) in [6.45, 7) is 3.64. The minimum Gasteiger partial charge on any atom is -0.376 e. The van der Waals surface area contributed by atoms with Crippen molar-refractivity contribution < 1.29 is 14.3 Å². The third kappa shape index (κ3) is 5.14. The van der Waals surface area contributed by atoms with Gasteiger partial charge in [-0.3, -0.25) is 10.1 Å². The highest BCUT2D eigenvalue weighted by Gasteiger charge is 2.20. The number of benzene rings is 1. The molecule has 25 heavy (non-hydrogen) atoms. The number of imidazole rings is 1. The second kappa shape index (κ2) is 8.78. The molecule has 1 amide bonds. The second-order valence-electron chi connectivity index (χ2n) is 6.32. The molecule has 0 bridgehead atoms. The van der Waals surface area contributed by atoms with Crippen molar-refractivity contribution in [2.75, 3.05) is 18.5 Å². The highest BCUT2D eigenvalue weighted by molar-refractivity contribution is 5.92. The van der Waals surface area contributed by atoms with E-state index in [2.05, 4.69) is 10.3 Å². The third-order valence-electron chi connectivity index (χ3n) is 4.32. The Labute approximate surface area is 148 Å². The van der Waals surface area contributed by atoms with Gasteiger partial charge in [0.15, 0.2) is 0 Å². The van der Waals surface area contributed by atoms with E-state index in [1.54, 1.807) is 13.1 Å². The lowest BCUT2D eigenvalue weighted by atomic mass is 10.1. The Morgan fingerprint density at radius 2 is 2.24 bits per heavy atom. The van der Waals surface area contributed by atoms with Gasteiger partial charge in [-0.2, -0.15) is 0 Å². The normalized spacial score (nSPS) is 18.7. The van der Waals surface area contributed by atoms with Crippen LogP contribution >= 0.6 is 0 Å². The predicted octanol–water partition coefficient (Wildman–Crippen LogP) is 2.84. The minimum absolute atomic E-state index is 0.101. The zero-order valence-electron chi connectivity index (χ0n) is 14.6. The molecule has 0 aliphatic carbocycles. The maximum atomic E-state index is 12.4. The number of ether oxygens (including phenoxy) is 2. The first-order valence-corrected chi connectivity index (χ1v) is 8.81. The van der Waals surface area contributed by atoms with Crippen LogP contribution in [0.4, 0.5) is 5.95 Å². The summed E-state index contributed by atoms with van der Waals surface area (Å²) in [5.41, 5.74) is 1.15. The summed E-state index contributed by atoms with van der Waals surface area (Å²) in [6.07, 6.45) is 6.35. The molecular weight excluding hydrogens is 318 g/mol. The van der Waals surface area contributed by atoms with Crippen molar-refractivity contribution in [2.24, 2.45) is 0 Å². The van der Waals surface area contributed by atoms with Crippen LogP contribution in [0.5, 0.6) is 0 Å². The van der Waals surface area contributed by atoms with Crippen LogP contribution < -0.4 is 5.32 Å². The van der Waals surface area contributed by atoms with E-state index in [0.717, 1.165) is 31.4 Å². The van der Waals surface area contributed by atoms with Gasteiger partial charge in [0.2, 0.25) is 5.95 Å². The van der Waals surface area contributed by atoms with Crippen molar-refractivity contribution in [3.05, 3.63) is 48.3 Å². The Balaban J connectivity index is 1.51. The fourth-order valence-electron chi connectivity index (χ4n) is 2.82. The number of nitrogens with zero attached hydrogens (tertiary/aromatic N) is 2. The lowest BCUT2D eigenvalue weighted by molar-refractivity contribution is -0.130. The Kier molecular flexibility index (Phi) is 6.19. The molecular formula is C19H25N3O3. The minimum atomic E-state index is -0.549. The Bertz CT molecular complexity index is 666. The van der Waals surface area contributed by atoms with Crippen molar-refractivity contribution in [3.63, 3.8) is 0 Å². The topological polar surface area (TPSA) is 65.4 Å². The third-order valence-corrected chi connectivity index (χ3v) is 4.32. The molecule has 0 radical (unpaired) electrons. The van der Waals surface area contributed by atoms with Crippen LogP contribution in [-0.2, 0) is 20.8 Å². The van der Waals surface area contributed by atoms with Crippen LogP contribution in [0.3, 0.4) is 0 Å². The van der Waals surface area contributed by atoms with Crippen molar-refractivity contribution in [1.29, 1.82) is 0 Å². The van der Waals surface area contributed by atoms with Gasteiger partial charge in [0.1, 0.15) is 6.10 Å². The van der Waals surface area contributed by atoms with Gasteiger partial charge in [-0.05, 0) is 31.7 Å². The van der Waals surface area contributed by atoms with E-state index in [0.29, 0.717) is 19.1 Å². The molecule has 2 heterocycles. The summed E-state index contributed by atoms with van der Waals surface area (Å²) in [6, 6.07) is 10.1. The van der Waals surface area contributed by atoms with Crippen LogP contribution in [0.2, 0.25) is 0 Å². The number of anilines is 1. The molecule has 1 aliphatic heterocycles. The maximum Gasteiger partial charge on any atom is 0.255 e. The monoisotopic (exact) mass is 343 g/mol. The average Bonchev–Trinajstić information content (AvgIpc) is 3.08. The second-order valence-corrected chi connectivity index (χ2v) is 6.32. The zero-order valence-corrected chi connectivity index (χ0v) is 14.6. The lowest BCUT2D eigenvalue weighted by Crippen LogP contribution is -2.33. The number of carbonyl (C=O) groups excluding carboxylic acids is 1. The van der Waals surface area contributed by atoms with Crippen LogP contribution in [0.15, 0.2) is 42.7 Å². The van der Waals surface area contributed by atoms with Gasteiger partial charge in [0.05, 0.1) is 19.3 Å². The number of amides is 1. The molecule has 1 N–H and O–H groups in total. The standard InChI is InChI=1S/C19H25N3O3/c1-15(25-14-17-9-5-6-12-24-17)18(23)21-19-20-10-11-22(19)13-16-7-3-2-4-8-16/h2-4,7-8,10-11,15,17H,5-6,9,12-14H2,1H3,(H,20,21,23)/t15-,17-/m1/s1. The average molecular weight is 343 g/mol. The molecule has 1 aromatic carbocycles. The molecule has 6 heteroatoms. The van der Waals surface area contributed by atoms with E-state index >= 15 is 0 Å². The van der Waals surface area contributed by atoms with Crippen LogP contribution in [-0.4, -0.2) is 40.9 Å². The molecule has 134 valence electrons. The molecule has 1 aliphatic rings. The first kappa shape index (κ1) is 17.6.